The third-order valence-electron chi connectivity index (χ3n) is 5.61. The van der Waals surface area contributed by atoms with Crippen LogP contribution in [0.25, 0.3) is 0 Å². The van der Waals surface area contributed by atoms with Gasteiger partial charge in [-0.1, -0.05) is 0 Å². The van der Waals surface area contributed by atoms with Crippen molar-refractivity contribution in [2.75, 3.05) is 26.7 Å². The summed E-state index contributed by atoms with van der Waals surface area (Å²) in [4.78, 5) is 4.20. The minimum absolute atomic E-state index is 0. The minimum atomic E-state index is -5.23. The van der Waals surface area contributed by atoms with Crippen LogP contribution in [0.4, 0.5) is 13.2 Å². The zero-order valence-corrected chi connectivity index (χ0v) is 18.5. The van der Waals surface area contributed by atoms with E-state index in [2.05, 4.69) is 15.6 Å². The minimum Gasteiger partial charge on any atom is -0.356 e. The average Bonchev–Trinajstić information content (AvgIpc) is 3.46. The predicted molar refractivity (Wildman–Crippen MR) is 108 cm³/mol. The van der Waals surface area contributed by atoms with Gasteiger partial charge in [-0.05, 0) is 56.3 Å². The fraction of sp³-hybridized carbons (Fsp3) is 0.938. The Morgan fingerprint density at radius 2 is 1.63 bits per heavy atom. The summed E-state index contributed by atoms with van der Waals surface area (Å²) in [6, 6.07) is -0.0822. The van der Waals surface area contributed by atoms with Crippen molar-refractivity contribution in [3.8, 4) is 0 Å². The van der Waals surface area contributed by atoms with Crippen LogP contribution in [0.2, 0.25) is 0 Å². The largest absolute Gasteiger partial charge is 0.511 e. The lowest BCUT2D eigenvalue weighted by Gasteiger charge is -2.32. The molecular weight excluding hydrogens is 496 g/mol. The number of piperidine rings is 1. The highest BCUT2D eigenvalue weighted by Gasteiger charge is 2.50. The molecule has 3 fully saturated rings. The summed E-state index contributed by atoms with van der Waals surface area (Å²) in [6.45, 7) is 0.600. The number of nitrogens with zero attached hydrogens (tertiary/aromatic N) is 2. The maximum atomic E-state index is 12.6. The second-order valence-corrected chi connectivity index (χ2v) is 9.49. The number of guanidine groups is 1. The normalized spacial score (nSPS) is 23.2. The van der Waals surface area contributed by atoms with Crippen molar-refractivity contribution in [1.82, 2.24) is 14.9 Å². The molecule has 1 heterocycles. The van der Waals surface area contributed by atoms with Gasteiger partial charge in [-0.15, -0.1) is 24.0 Å². The smallest absolute Gasteiger partial charge is 0.356 e. The van der Waals surface area contributed by atoms with Gasteiger partial charge in [-0.3, -0.25) is 4.99 Å². The molecule has 27 heavy (non-hydrogen) atoms. The van der Waals surface area contributed by atoms with E-state index in [1.165, 1.54) is 25.7 Å². The van der Waals surface area contributed by atoms with Crippen molar-refractivity contribution in [1.29, 1.82) is 0 Å². The number of rotatable bonds is 6. The van der Waals surface area contributed by atoms with Gasteiger partial charge in [0.15, 0.2) is 5.96 Å². The van der Waals surface area contributed by atoms with Gasteiger partial charge in [-0.25, -0.2) is 8.42 Å². The first-order valence-corrected chi connectivity index (χ1v) is 10.7. The first-order chi connectivity index (χ1) is 12.2. The first kappa shape index (κ1) is 23.0. The lowest BCUT2D eigenvalue weighted by Crippen LogP contribution is -2.52. The van der Waals surface area contributed by atoms with E-state index in [1.54, 1.807) is 7.05 Å². The molecule has 0 spiro atoms. The van der Waals surface area contributed by atoms with Gasteiger partial charge < -0.3 is 10.6 Å². The Morgan fingerprint density at radius 1 is 1.11 bits per heavy atom. The fourth-order valence-electron chi connectivity index (χ4n) is 3.76. The third kappa shape index (κ3) is 5.84. The second kappa shape index (κ2) is 9.02. The zero-order valence-electron chi connectivity index (χ0n) is 15.3. The summed E-state index contributed by atoms with van der Waals surface area (Å²) in [6.07, 6.45) is 5.87. The van der Waals surface area contributed by atoms with Gasteiger partial charge in [0.1, 0.15) is 0 Å². The van der Waals surface area contributed by atoms with E-state index in [0.717, 1.165) is 18.4 Å². The van der Waals surface area contributed by atoms with Crippen LogP contribution in [0.15, 0.2) is 4.99 Å². The van der Waals surface area contributed by atoms with E-state index < -0.39 is 15.5 Å². The van der Waals surface area contributed by atoms with Crippen molar-refractivity contribution in [3.05, 3.63) is 0 Å². The van der Waals surface area contributed by atoms with E-state index in [4.69, 9.17) is 0 Å². The van der Waals surface area contributed by atoms with Crippen LogP contribution in [0.1, 0.15) is 38.5 Å². The van der Waals surface area contributed by atoms with Crippen LogP contribution in [-0.2, 0) is 10.0 Å². The van der Waals surface area contributed by atoms with Crippen LogP contribution in [0, 0.1) is 17.8 Å². The van der Waals surface area contributed by atoms with Gasteiger partial charge in [0.25, 0.3) is 0 Å². The molecule has 0 amide bonds. The molecule has 0 aromatic heterocycles. The van der Waals surface area contributed by atoms with Crippen LogP contribution >= 0.6 is 24.0 Å². The SMILES string of the molecule is CN=C(NCC(C1CC1)C1CC1)NC1CCN(S(=O)(=O)C(F)(F)F)CC1.I. The molecular formula is C16H28F3IN4O2S. The van der Waals surface area contributed by atoms with Crippen molar-refractivity contribution in [2.45, 2.75) is 50.1 Å². The van der Waals surface area contributed by atoms with E-state index in [1.807, 2.05) is 0 Å². The van der Waals surface area contributed by atoms with Crippen LogP contribution in [0.5, 0.6) is 0 Å². The monoisotopic (exact) mass is 524 g/mol. The first-order valence-electron chi connectivity index (χ1n) is 9.26. The van der Waals surface area contributed by atoms with Gasteiger partial charge in [-0.2, -0.15) is 17.5 Å². The van der Waals surface area contributed by atoms with E-state index >= 15 is 0 Å². The molecule has 1 aliphatic heterocycles. The summed E-state index contributed by atoms with van der Waals surface area (Å²) in [7, 11) is -3.56. The van der Waals surface area contributed by atoms with Crippen LogP contribution < -0.4 is 10.6 Å². The number of nitrogens with one attached hydrogen (secondary N) is 2. The van der Waals surface area contributed by atoms with Crippen LogP contribution in [0.3, 0.4) is 0 Å². The topological polar surface area (TPSA) is 73.8 Å². The maximum Gasteiger partial charge on any atom is 0.511 e. The van der Waals surface area contributed by atoms with Gasteiger partial charge in [0, 0.05) is 32.7 Å². The molecule has 0 atom stereocenters. The Morgan fingerprint density at radius 3 is 2.04 bits per heavy atom. The molecule has 158 valence electrons. The summed E-state index contributed by atoms with van der Waals surface area (Å²) < 4.78 is 61.3. The molecule has 3 rings (SSSR count). The predicted octanol–water partition coefficient (Wildman–Crippen LogP) is 2.52. The highest BCUT2D eigenvalue weighted by molar-refractivity contribution is 14.0. The highest BCUT2D eigenvalue weighted by atomic mass is 127. The van der Waals surface area contributed by atoms with Crippen molar-refractivity contribution in [3.63, 3.8) is 0 Å². The maximum absolute atomic E-state index is 12.6. The summed E-state index contributed by atoms with van der Waals surface area (Å²) in [5, 5.41) is 6.58. The average molecular weight is 524 g/mol. The van der Waals surface area contributed by atoms with Gasteiger partial charge in [0.2, 0.25) is 0 Å². The Balaban J connectivity index is 0.00000261. The van der Waals surface area contributed by atoms with Gasteiger partial charge in [0.05, 0.1) is 0 Å². The number of alkyl halides is 3. The highest BCUT2D eigenvalue weighted by Crippen LogP contribution is 2.48. The Bertz CT molecular complexity index is 616. The number of aliphatic imine (C=N–C) groups is 1. The zero-order chi connectivity index (χ0) is 18.9. The summed E-state index contributed by atoms with van der Waals surface area (Å²) in [5.41, 5.74) is -5.23. The summed E-state index contributed by atoms with van der Waals surface area (Å²) >= 11 is 0. The molecule has 11 heteroatoms. The van der Waals surface area contributed by atoms with Gasteiger partial charge >= 0.3 is 15.5 Å². The lowest BCUT2D eigenvalue weighted by atomic mass is 9.98. The number of hydrogen-bond donors (Lipinski definition) is 2. The van der Waals surface area contributed by atoms with E-state index in [9.17, 15) is 21.6 Å². The lowest BCUT2D eigenvalue weighted by molar-refractivity contribution is -0.0494. The molecule has 2 saturated carbocycles. The van der Waals surface area contributed by atoms with Crippen molar-refractivity contribution < 1.29 is 21.6 Å². The quantitative estimate of drug-likeness (QED) is 0.318. The second-order valence-electron chi connectivity index (χ2n) is 7.56. The molecule has 0 aromatic rings. The molecule has 1 saturated heterocycles. The fourth-order valence-corrected chi connectivity index (χ4v) is 4.74. The molecule has 0 aromatic carbocycles. The molecule has 0 radical (unpaired) electrons. The molecule has 2 aliphatic carbocycles. The Kier molecular flexibility index (Phi) is 7.68. The molecule has 0 unspecified atom stereocenters. The molecule has 2 N–H and O–H groups in total. The standard InChI is InChI=1S/C16H27F3N4O2S.HI/c1-20-15(21-10-14(11-2-3-11)12-4-5-12)22-13-6-8-23(9-7-13)26(24,25)16(17,18)19;/h11-14H,2-10H2,1H3,(H2,20,21,22);1H. The van der Waals surface area contributed by atoms with E-state index in [0.29, 0.717) is 29.0 Å². The number of halogens is 4. The number of hydrogen-bond acceptors (Lipinski definition) is 3. The van der Waals surface area contributed by atoms with Crippen molar-refractivity contribution >= 4 is 40.0 Å². The molecule has 6 nitrogen and oxygen atoms in total. The van der Waals surface area contributed by atoms with E-state index in [-0.39, 0.29) is 43.1 Å². The molecule has 0 bridgehead atoms. The number of sulfonamides is 1. The van der Waals surface area contributed by atoms with Crippen molar-refractivity contribution in [2.24, 2.45) is 22.7 Å². The third-order valence-corrected chi connectivity index (χ3v) is 7.24. The Labute approximate surface area is 175 Å². The summed E-state index contributed by atoms with van der Waals surface area (Å²) in [5.74, 6) is 2.98. The Hall–Kier alpha value is -0.300. The van der Waals surface area contributed by atoms with Crippen LogP contribution in [-0.4, -0.2) is 56.9 Å². The molecule has 3 aliphatic rings.